The first-order valence-electron chi connectivity index (χ1n) is 9.51. The Kier molecular flexibility index (Phi) is 7.14. The molecule has 0 aliphatic carbocycles. The van der Waals surface area contributed by atoms with Crippen molar-refractivity contribution >= 4 is 29.1 Å². The molecule has 9 nitrogen and oxygen atoms in total. The summed E-state index contributed by atoms with van der Waals surface area (Å²) in [7, 11) is 2.84. The number of allylic oxidation sites excluding steroid dienone is 1. The Bertz CT molecular complexity index is 1180. The highest BCUT2D eigenvalue weighted by molar-refractivity contribution is 6.07. The molecule has 1 heterocycles. The monoisotopic (exact) mass is 435 g/mol. The normalized spacial score (nSPS) is 10.7. The molecule has 9 heteroatoms. The van der Waals surface area contributed by atoms with Gasteiger partial charge in [-0.3, -0.25) is 14.9 Å². The number of nitro benzene ring substituents is 1. The average Bonchev–Trinajstić information content (AvgIpc) is 2.82. The Hall–Kier alpha value is -4.24. The van der Waals surface area contributed by atoms with Crippen LogP contribution in [0.15, 0.2) is 60.8 Å². The molecule has 3 rings (SSSR count). The number of nitrogens with zero attached hydrogens (tertiary/aromatic N) is 2. The number of carbonyl (C=O) groups excluding carboxylic acids is 1. The SMILES string of the molecule is COc1cc(Nc2ncccc2C=CC(=O)c2ccc(OC)c([N+](=O)[O-])c2)ccc1CO. The number of hydrogen-bond acceptors (Lipinski definition) is 8. The molecule has 0 saturated heterocycles. The molecular weight excluding hydrogens is 414 g/mol. The molecule has 0 spiro atoms. The highest BCUT2D eigenvalue weighted by atomic mass is 16.6. The fraction of sp³-hybridized carbons (Fsp3) is 0.130. The van der Waals surface area contributed by atoms with E-state index < -0.39 is 10.7 Å². The van der Waals surface area contributed by atoms with Gasteiger partial charge >= 0.3 is 5.69 Å². The van der Waals surface area contributed by atoms with Crippen LogP contribution in [-0.2, 0) is 6.61 Å². The van der Waals surface area contributed by atoms with Crippen LogP contribution < -0.4 is 14.8 Å². The average molecular weight is 435 g/mol. The lowest BCUT2D eigenvalue weighted by Crippen LogP contribution is -2.00. The number of pyridine rings is 1. The zero-order valence-corrected chi connectivity index (χ0v) is 17.4. The van der Waals surface area contributed by atoms with E-state index in [1.807, 2.05) is 0 Å². The second kappa shape index (κ2) is 10.2. The molecule has 0 unspecified atom stereocenters. The molecule has 2 aromatic carbocycles. The first-order valence-corrected chi connectivity index (χ1v) is 9.51. The molecule has 0 bridgehead atoms. The molecule has 0 aliphatic heterocycles. The van der Waals surface area contributed by atoms with Crippen LogP contribution in [0.3, 0.4) is 0 Å². The molecule has 1 aromatic heterocycles. The number of methoxy groups -OCH3 is 2. The Morgan fingerprint density at radius 3 is 2.62 bits per heavy atom. The Balaban J connectivity index is 1.84. The molecule has 0 saturated carbocycles. The van der Waals surface area contributed by atoms with Crippen LogP contribution in [0.4, 0.5) is 17.2 Å². The van der Waals surface area contributed by atoms with E-state index in [0.29, 0.717) is 28.4 Å². The zero-order chi connectivity index (χ0) is 23.1. The van der Waals surface area contributed by atoms with Gasteiger partial charge in [0.15, 0.2) is 11.5 Å². The Morgan fingerprint density at radius 2 is 1.94 bits per heavy atom. The topological polar surface area (TPSA) is 124 Å². The van der Waals surface area contributed by atoms with E-state index in [1.54, 1.807) is 42.6 Å². The second-order valence-corrected chi connectivity index (χ2v) is 6.59. The van der Waals surface area contributed by atoms with Gasteiger partial charge in [0.1, 0.15) is 11.6 Å². The van der Waals surface area contributed by atoms with Crippen molar-refractivity contribution in [3.63, 3.8) is 0 Å². The van der Waals surface area contributed by atoms with E-state index in [2.05, 4.69) is 10.3 Å². The molecule has 0 fully saturated rings. The molecule has 0 atom stereocenters. The van der Waals surface area contributed by atoms with Crippen LogP contribution in [0.2, 0.25) is 0 Å². The standard InChI is InChI=1S/C23H21N3O6/c1-31-21-10-7-16(12-19(21)26(29)30)20(28)9-6-15-4-3-11-24-23(15)25-18-8-5-17(14-27)22(13-18)32-2/h3-13,27H,14H2,1-2H3,(H,24,25). The zero-order valence-electron chi connectivity index (χ0n) is 17.4. The maximum absolute atomic E-state index is 12.6. The fourth-order valence-corrected chi connectivity index (χ4v) is 2.99. The number of hydrogen-bond donors (Lipinski definition) is 2. The third-order valence-corrected chi connectivity index (χ3v) is 4.63. The quantitative estimate of drug-likeness (QED) is 0.222. The lowest BCUT2D eigenvalue weighted by molar-refractivity contribution is -0.385. The van der Waals surface area contributed by atoms with Crippen molar-refractivity contribution in [1.29, 1.82) is 0 Å². The van der Waals surface area contributed by atoms with Crippen molar-refractivity contribution < 1.29 is 24.3 Å². The second-order valence-electron chi connectivity index (χ2n) is 6.59. The van der Waals surface area contributed by atoms with Crippen LogP contribution >= 0.6 is 0 Å². The molecule has 164 valence electrons. The highest BCUT2D eigenvalue weighted by Crippen LogP contribution is 2.29. The number of nitro groups is 1. The van der Waals surface area contributed by atoms with Gasteiger partial charge in [0.2, 0.25) is 0 Å². The lowest BCUT2D eigenvalue weighted by atomic mass is 10.1. The van der Waals surface area contributed by atoms with Gasteiger partial charge in [0, 0.05) is 40.7 Å². The van der Waals surface area contributed by atoms with Gasteiger partial charge in [-0.2, -0.15) is 0 Å². The number of rotatable bonds is 9. The van der Waals surface area contributed by atoms with Crippen molar-refractivity contribution in [2.45, 2.75) is 6.61 Å². The van der Waals surface area contributed by atoms with E-state index >= 15 is 0 Å². The van der Waals surface area contributed by atoms with Gasteiger partial charge < -0.3 is 19.9 Å². The maximum Gasteiger partial charge on any atom is 0.311 e. The van der Waals surface area contributed by atoms with Crippen LogP contribution in [0.25, 0.3) is 6.08 Å². The highest BCUT2D eigenvalue weighted by Gasteiger charge is 2.17. The number of anilines is 2. The van der Waals surface area contributed by atoms with E-state index in [-0.39, 0.29) is 23.6 Å². The van der Waals surface area contributed by atoms with Gasteiger partial charge in [-0.15, -0.1) is 0 Å². The summed E-state index contributed by atoms with van der Waals surface area (Å²) in [5.41, 5.74) is 1.85. The summed E-state index contributed by atoms with van der Waals surface area (Å²) in [6, 6.07) is 12.8. The molecule has 32 heavy (non-hydrogen) atoms. The van der Waals surface area contributed by atoms with Crippen molar-refractivity contribution in [2.75, 3.05) is 19.5 Å². The molecule has 3 aromatic rings. The number of nitrogens with one attached hydrogen (secondary N) is 1. The predicted molar refractivity (Wildman–Crippen MR) is 119 cm³/mol. The minimum absolute atomic E-state index is 0.0805. The summed E-state index contributed by atoms with van der Waals surface area (Å²) in [4.78, 5) is 27.5. The minimum atomic E-state index is -0.598. The number of ether oxygens (including phenoxy) is 2. The lowest BCUT2D eigenvalue weighted by Gasteiger charge is -2.12. The first-order chi connectivity index (χ1) is 15.5. The van der Waals surface area contributed by atoms with Crippen molar-refractivity contribution in [2.24, 2.45) is 0 Å². The molecule has 0 aliphatic rings. The van der Waals surface area contributed by atoms with Crippen LogP contribution in [-0.4, -0.2) is 35.0 Å². The summed E-state index contributed by atoms with van der Waals surface area (Å²) in [6.45, 7) is -0.146. The molecule has 0 amide bonds. The number of benzene rings is 2. The summed E-state index contributed by atoms with van der Waals surface area (Å²) < 4.78 is 10.2. The fourth-order valence-electron chi connectivity index (χ4n) is 2.99. The van der Waals surface area contributed by atoms with Gasteiger partial charge in [0.25, 0.3) is 0 Å². The summed E-state index contributed by atoms with van der Waals surface area (Å²) in [6.07, 6.45) is 4.50. The summed E-state index contributed by atoms with van der Waals surface area (Å²) in [5.74, 6) is 0.703. The van der Waals surface area contributed by atoms with Gasteiger partial charge in [-0.25, -0.2) is 4.98 Å². The van der Waals surface area contributed by atoms with E-state index in [4.69, 9.17) is 9.47 Å². The van der Waals surface area contributed by atoms with Crippen molar-refractivity contribution in [3.05, 3.63) is 87.6 Å². The first kappa shape index (κ1) is 22.4. The third kappa shape index (κ3) is 5.08. The summed E-state index contributed by atoms with van der Waals surface area (Å²) in [5, 5.41) is 23.7. The third-order valence-electron chi connectivity index (χ3n) is 4.63. The number of ketones is 1. The summed E-state index contributed by atoms with van der Waals surface area (Å²) >= 11 is 0. The predicted octanol–water partition coefficient (Wildman–Crippen LogP) is 4.14. The van der Waals surface area contributed by atoms with Crippen LogP contribution in [0.1, 0.15) is 21.5 Å². The number of aromatic nitrogens is 1. The minimum Gasteiger partial charge on any atom is -0.496 e. The van der Waals surface area contributed by atoms with E-state index in [9.17, 15) is 20.0 Å². The van der Waals surface area contributed by atoms with Crippen molar-refractivity contribution in [3.8, 4) is 11.5 Å². The molecule has 2 N–H and O–H groups in total. The van der Waals surface area contributed by atoms with Gasteiger partial charge in [0.05, 0.1) is 25.7 Å². The number of aliphatic hydroxyl groups is 1. The smallest absolute Gasteiger partial charge is 0.311 e. The Labute approximate surface area is 184 Å². The van der Waals surface area contributed by atoms with E-state index in [1.165, 1.54) is 38.5 Å². The number of aliphatic hydroxyl groups excluding tert-OH is 1. The van der Waals surface area contributed by atoms with Crippen LogP contribution in [0, 0.1) is 10.1 Å². The molecule has 0 radical (unpaired) electrons. The van der Waals surface area contributed by atoms with Crippen LogP contribution in [0.5, 0.6) is 11.5 Å². The Morgan fingerprint density at radius 1 is 1.16 bits per heavy atom. The largest absolute Gasteiger partial charge is 0.496 e. The van der Waals surface area contributed by atoms with Gasteiger partial charge in [-0.05, 0) is 42.5 Å². The molecular formula is C23H21N3O6. The maximum atomic E-state index is 12.6. The van der Waals surface area contributed by atoms with E-state index in [0.717, 1.165) is 0 Å². The van der Waals surface area contributed by atoms with Gasteiger partial charge in [-0.1, -0.05) is 6.07 Å². The van der Waals surface area contributed by atoms with Crippen molar-refractivity contribution in [1.82, 2.24) is 4.98 Å². The number of carbonyl (C=O) groups is 1.